The average Bonchev–Trinajstić information content (AvgIpc) is 3.28. The number of likely N-dealkylation sites (N-methyl/N-ethyl adjacent to an activating group) is 1. The SMILES string of the molecule is CCCC1CCC(C#N)C(N(C)CCOCC2CC2)C1. The summed E-state index contributed by atoms with van der Waals surface area (Å²) in [6.45, 7) is 4.99. The van der Waals surface area contributed by atoms with Gasteiger partial charge in [0.25, 0.3) is 0 Å². The summed E-state index contributed by atoms with van der Waals surface area (Å²) in [5.74, 6) is 1.89. The quantitative estimate of drug-likeness (QED) is 0.638. The number of hydrogen-bond donors (Lipinski definition) is 0. The zero-order valence-electron chi connectivity index (χ0n) is 13.2. The van der Waals surface area contributed by atoms with Gasteiger partial charge in [-0.25, -0.2) is 0 Å². The molecule has 3 unspecified atom stereocenters. The molecule has 2 fully saturated rings. The van der Waals surface area contributed by atoms with E-state index in [2.05, 4.69) is 24.9 Å². The number of hydrogen-bond acceptors (Lipinski definition) is 3. The fourth-order valence-electron chi connectivity index (χ4n) is 3.45. The molecule has 2 rings (SSSR count). The van der Waals surface area contributed by atoms with Gasteiger partial charge in [0, 0.05) is 19.2 Å². The molecule has 114 valence electrons. The van der Waals surface area contributed by atoms with Gasteiger partial charge in [-0.2, -0.15) is 5.26 Å². The predicted octanol–water partition coefficient (Wildman–Crippen LogP) is 3.45. The molecular formula is C17H30N2O. The Bertz CT molecular complexity index is 321. The van der Waals surface area contributed by atoms with E-state index in [1.807, 2.05) is 0 Å². The topological polar surface area (TPSA) is 36.3 Å². The molecule has 0 aromatic rings. The second kappa shape index (κ2) is 8.00. The molecule has 0 aromatic heterocycles. The van der Waals surface area contributed by atoms with E-state index >= 15 is 0 Å². The molecule has 0 amide bonds. The van der Waals surface area contributed by atoms with Crippen molar-refractivity contribution in [1.82, 2.24) is 4.90 Å². The van der Waals surface area contributed by atoms with E-state index in [-0.39, 0.29) is 5.92 Å². The maximum absolute atomic E-state index is 9.37. The van der Waals surface area contributed by atoms with Gasteiger partial charge in [-0.05, 0) is 51.0 Å². The second-order valence-corrected chi connectivity index (χ2v) is 6.77. The molecule has 20 heavy (non-hydrogen) atoms. The third kappa shape index (κ3) is 4.75. The summed E-state index contributed by atoms with van der Waals surface area (Å²) in [4.78, 5) is 2.38. The zero-order valence-corrected chi connectivity index (χ0v) is 13.2. The van der Waals surface area contributed by atoms with Crippen molar-refractivity contribution in [2.75, 3.05) is 26.8 Å². The van der Waals surface area contributed by atoms with Crippen LogP contribution in [-0.2, 0) is 4.74 Å². The van der Waals surface area contributed by atoms with Crippen molar-refractivity contribution in [3.63, 3.8) is 0 Å². The van der Waals surface area contributed by atoms with E-state index in [0.29, 0.717) is 6.04 Å². The van der Waals surface area contributed by atoms with Crippen LogP contribution in [0, 0.1) is 29.1 Å². The molecule has 0 aromatic carbocycles. The van der Waals surface area contributed by atoms with E-state index < -0.39 is 0 Å². The molecular weight excluding hydrogens is 248 g/mol. The maximum atomic E-state index is 9.37. The van der Waals surface area contributed by atoms with Crippen LogP contribution < -0.4 is 0 Å². The van der Waals surface area contributed by atoms with Crippen molar-refractivity contribution in [3.05, 3.63) is 0 Å². The lowest BCUT2D eigenvalue weighted by Gasteiger charge is -2.38. The molecule has 2 saturated carbocycles. The summed E-state index contributed by atoms with van der Waals surface area (Å²) in [5.41, 5.74) is 0. The average molecular weight is 278 g/mol. The summed E-state index contributed by atoms with van der Waals surface area (Å²) in [5, 5.41) is 9.37. The van der Waals surface area contributed by atoms with Crippen LogP contribution in [0.2, 0.25) is 0 Å². The van der Waals surface area contributed by atoms with Gasteiger partial charge >= 0.3 is 0 Å². The highest BCUT2D eigenvalue weighted by Crippen LogP contribution is 2.34. The molecule has 0 spiro atoms. The summed E-state index contributed by atoms with van der Waals surface area (Å²) < 4.78 is 5.74. The Hall–Kier alpha value is -0.590. The van der Waals surface area contributed by atoms with Gasteiger partial charge in [-0.3, -0.25) is 4.90 Å². The molecule has 0 N–H and O–H groups in total. The van der Waals surface area contributed by atoms with Crippen molar-refractivity contribution in [3.8, 4) is 6.07 Å². The highest BCUT2D eigenvalue weighted by atomic mass is 16.5. The van der Waals surface area contributed by atoms with Crippen LogP contribution in [0.5, 0.6) is 0 Å². The molecule has 0 saturated heterocycles. The first-order valence-corrected chi connectivity index (χ1v) is 8.42. The molecule has 2 aliphatic carbocycles. The Labute approximate surface area is 124 Å². The van der Waals surface area contributed by atoms with Crippen LogP contribution in [0.4, 0.5) is 0 Å². The van der Waals surface area contributed by atoms with E-state index in [1.165, 1.54) is 38.5 Å². The van der Waals surface area contributed by atoms with Gasteiger partial charge in [0.2, 0.25) is 0 Å². The zero-order chi connectivity index (χ0) is 14.4. The fourth-order valence-corrected chi connectivity index (χ4v) is 3.45. The lowest BCUT2D eigenvalue weighted by atomic mass is 9.76. The van der Waals surface area contributed by atoms with Crippen LogP contribution in [0.25, 0.3) is 0 Å². The van der Waals surface area contributed by atoms with E-state index in [4.69, 9.17) is 4.74 Å². The number of rotatable bonds is 8. The largest absolute Gasteiger partial charge is 0.380 e. The van der Waals surface area contributed by atoms with Crippen molar-refractivity contribution < 1.29 is 4.74 Å². The van der Waals surface area contributed by atoms with Crippen LogP contribution in [0.3, 0.4) is 0 Å². The minimum atomic E-state index is 0.219. The second-order valence-electron chi connectivity index (χ2n) is 6.77. The molecule has 0 radical (unpaired) electrons. The van der Waals surface area contributed by atoms with Gasteiger partial charge in [0.1, 0.15) is 0 Å². The Morgan fingerprint density at radius 3 is 2.60 bits per heavy atom. The van der Waals surface area contributed by atoms with Gasteiger partial charge < -0.3 is 4.74 Å². The van der Waals surface area contributed by atoms with Crippen LogP contribution >= 0.6 is 0 Å². The van der Waals surface area contributed by atoms with Gasteiger partial charge in [-0.15, -0.1) is 0 Å². The Kier molecular flexibility index (Phi) is 6.32. The third-order valence-corrected chi connectivity index (χ3v) is 4.99. The molecule has 0 heterocycles. The number of ether oxygens (including phenoxy) is 1. The van der Waals surface area contributed by atoms with E-state index in [1.54, 1.807) is 0 Å². The molecule has 2 aliphatic rings. The summed E-state index contributed by atoms with van der Waals surface area (Å²) in [7, 11) is 2.17. The predicted molar refractivity (Wildman–Crippen MR) is 81.3 cm³/mol. The van der Waals surface area contributed by atoms with Crippen molar-refractivity contribution >= 4 is 0 Å². The number of nitriles is 1. The highest BCUT2D eigenvalue weighted by molar-refractivity contribution is 4.97. The maximum Gasteiger partial charge on any atom is 0.0672 e. The summed E-state index contributed by atoms with van der Waals surface area (Å²) in [6.07, 6.45) is 8.82. The lowest BCUT2D eigenvalue weighted by Crippen LogP contribution is -2.43. The minimum absolute atomic E-state index is 0.219. The van der Waals surface area contributed by atoms with Crippen LogP contribution in [-0.4, -0.2) is 37.7 Å². The molecule has 3 nitrogen and oxygen atoms in total. The molecule has 0 bridgehead atoms. The molecule has 3 atom stereocenters. The van der Waals surface area contributed by atoms with Crippen molar-refractivity contribution in [2.45, 2.75) is 57.9 Å². The lowest BCUT2D eigenvalue weighted by molar-refractivity contribution is 0.0650. The van der Waals surface area contributed by atoms with Gasteiger partial charge in [0.15, 0.2) is 0 Å². The minimum Gasteiger partial charge on any atom is -0.380 e. The molecule has 0 aliphatic heterocycles. The number of nitrogens with zero attached hydrogens (tertiary/aromatic N) is 2. The van der Waals surface area contributed by atoms with Crippen molar-refractivity contribution in [2.24, 2.45) is 17.8 Å². The third-order valence-electron chi connectivity index (χ3n) is 4.99. The normalized spacial score (nSPS) is 30.4. The smallest absolute Gasteiger partial charge is 0.0672 e. The summed E-state index contributed by atoms with van der Waals surface area (Å²) in [6, 6.07) is 2.97. The Morgan fingerprint density at radius 1 is 1.20 bits per heavy atom. The molecule has 3 heteroatoms. The standard InChI is InChI=1S/C17H30N2O/c1-3-4-14-7-8-16(12-18)17(11-14)19(2)9-10-20-13-15-5-6-15/h14-17H,3-11,13H2,1-2H3. The highest BCUT2D eigenvalue weighted by Gasteiger charge is 2.32. The van der Waals surface area contributed by atoms with Gasteiger partial charge in [0.05, 0.1) is 18.6 Å². The fraction of sp³-hybridized carbons (Fsp3) is 0.941. The first-order valence-electron chi connectivity index (χ1n) is 8.42. The van der Waals surface area contributed by atoms with E-state index in [0.717, 1.165) is 38.0 Å². The van der Waals surface area contributed by atoms with Crippen LogP contribution in [0.1, 0.15) is 51.9 Å². The first kappa shape index (κ1) is 15.8. The van der Waals surface area contributed by atoms with Crippen LogP contribution in [0.15, 0.2) is 0 Å². The first-order chi connectivity index (χ1) is 9.74. The van der Waals surface area contributed by atoms with E-state index in [9.17, 15) is 5.26 Å². The van der Waals surface area contributed by atoms with Crippen molar-refractivity contribution in [1.29, 1.82) is 5.26 Å². The monoisotopic (exact) mass is 278 g/mol. The Morgan fingerprint density at radius 2 is 1.95 bits per heavy atom. The Balaban J connectivity index is 1.74. The van der Waals surface area contributed by atoms with Gasteiger partial charge in [-0.1, -0.05) is 19.8 Å². The summed E-state index contributed by atoms with van der Waals surface area (Å²) >= 11 is 0.